The van der Waals surface area contributed by atoms with Crippen LogP contribution in [-0.2, 0) is 19.7 Å². The number of nitrogens with one attached hydrogen (secondary N) is 1. The largest absolute Gasteiger partial charge is 0.486 e. The van der Waals surface area contributed by atoms with Gasteiger partial charge in [0.25, 0.3) is 5.91 Å². The van der Waals surface area contributed by atoms with Crippen LogP contribution >= 0.6 is 11.3 Å². The monoisotopic (exact) mass is 395 g/mol. The van der Waals surface area contributed by atoms with Gasteiger partial charge in [0.15, 0.2) is 0 Å². The summed E-state index contributed by atoms with van der Waals surface area (Å²) in [5, 5.41) is 5.47. The maximum Gasteiger partial charge on any atom is 0.271 e. The average Bonchev–Trinajstić information content (AvgIpc) is 3.15. The Labute approximate surface area is 170 Å². The lowest BCUT2D eigenvalue weighted by Crippen LogP contribution is -2.23. The molecule has 0 aliphatic heterocycles. The third kappa shape index (κ3) is 5.90. The summed E-state index contributed by atoms with van der Waals surface area (Å²) in [7, 11) is 4.09. The highest BCUT2D eigenvalue weighted by Gasteiger charge is 2.11. The summed E-state index contributed by atoms with van der Waals surface area (Å²) >= 11 is 1.43. The number of hydrogen-bond donors (Lipinski definition) is 1. The van der Waals surface area contributed by atoms with Crippen molar-refractivity contribution in [3.05, 3.63) is 81.3 Å². The van der Waals surface area contributed by atoms with Crippen LogP contribution in [-0.4, -0.2) is 29.9 Å². The number of rotatable bonds is 8. The normalized spacial score (nSPS) is 10.9. The van der Waals surface area contributed by atoms with E-state index in [-0.39, 0.29) is 5.91 Å². The van der Waals surface area contributed by atoms with Crippen molar-refractivity contribution in [1.82, 2.24) is 15.2 Å². The molecule has 28 heavy (non-hydrogen) atoms. The molecule has 0 saturated carbocycles. The Hall–Kier alpha value is -2.70. The topological polar surface area (TPSA) is 54.5 Å². The predicted octanol–water partition coefficient (Wildman–Crippen LogP) is 4.02. The predicted molar refractivity (Wildman–Crippen MR) is 113 cm³/mol. The minimum atomic E-state index is -0.171. The van der Waals surface area contributed by atoms with Crippen molar-refractivity contribution in [3.8, 4) is 5.75 Å². The van der Waals surface area contributed by atoms with Crippen LogP contribution in [0.15, 0.2) is 53.9 Å². The van der Waals surface area contributed by atoms with E-state index in [0.29, 0.717) is 18.8 Å². The number of amides is 1. The van der Waals surface area contributed by atoms with Gasteiger partial charge in [0, 0.05) is 18.5 Å². The van der Waals surface area contributed by atoms with Gasteiger partial charge in [-0.25, -0.2) is 4.98 Å². The fourth-order valence-electron chi connectivity index (χ4n) is 2.66. The Morgan fingerprint density at radius 3 is 2.43 bits per heavy atom. The van der Waals surface area contributed by atoms with E-state index in [1.807, 2.05) is 57.4 Å². The summed E-state index contributed by atoms with van der Waals surface area (Å²) in [6.45, 7) is 3.77. The average molecular weight is 396 g/mol. The molecule has 2 aromatic carbocycles. The van der Waals surface area contributed by atoms with Crippen LogP contribution < -0.4 is 10.1 Å². The molecule has 6 heteroatoms. The molecule has 1 aromatic heterocycles. The second-order valence-corrected chi connectivity index (χ2v) is 7.91. The van der Waals surface area contributed by atoms with E-state index in [1.165, 1.54) is 22.5 Å². The highest BCUT2D eigenvalue weighted by Crippen LogP contribution is 2.16. The highest BCUT2D eigenvalue weighted by molar-refractivity contribution is 7.09. The summed E-state index contributed by atoms with van der Waals surface area (Å²) in [6.07, 6.45) is 0. The Balaban J connectivity index is 1.49. The Morgan fingerprint density at radius 1 is 1.07 bits per heavy atom. The molecule has 0 unspecified atom stereocenters. The molecule has 3 rings (SSSR count). The number of aryl methyl sites for hydroxylation is 1. The quantitative estimate of drug-likeness (QED) is 0.626. The van der Waals surface area contributed by atoms with Gasteiger partial charge in [0.1, 0.15) is 23.1 Å². The molecule has 1 amide bonds. The van der Waals surface area contributed by atoms with Crippen molar-refractivity contribution in [2.24, 2.45) is 0 Å². The van der Waals surface area contributed by atoms with E-state index >= 15 is 0 Å². The van der Waals surface area contributed by atoms with Crippen LogP contribution in [0.4, 0.5) is 0 Å². The van der Waals surface area contributed by atoms with Gasteiger partial charge in [-0.3, -0.25) is 4.79 Å². The standard InChI is InChI=1S/C22H25N3O2S/c1-16-4-10-19(11-5-16)27-14-21-24-20(15-28-21)22(26)23-12-17-6-8-18(9-7-17)13-25(2)3/h4-11,15H,12-14H2,1-3H3,(H,23,26). The fourth-order valence-corrected chi connectivity index (χ4v) is 3.35. The molecule has 5 nitrogen and oxygen atoms in total. The molecule has 0 atom stereocenters. The van der Waals surface area contributed by atoms with Crippen LogP contribution in [0.2, 0.25) is 0 Å². The smallest absolute Gasteiger partial charge is 0.271 e. The van der Waals surface area contributed by atoms with E-state index in [2.05, 4.69) is 27.3 Å². The van der Waals surface area contributed by atoms with Crippen molar-refractivity contribution in [2.75, 3.05) is 14.1 Å². The first-order valence-corrected chi connectivity index (χ1v) is 10.0. The molecule has 1 N–H and O–H groups in total. The van der Waals surface area contributed by atoms with Crippen molar-refractivity contribution >= 4 is 17.2 Å². The van der Waals surface area contributed by atoms with E-state index in [0.717, 1.165) is 22.9 Å². The van der Waals surface area contributed by atoms with Crippen molar-refractivity contribution in [2.45, 2.75) is 26.6 Å². The zero-order chi connectivity index (χ0) is 19.9. The number of ether oxygens (including phenoxy) is 1. The maximum atomic E-state index is 12.3. The molecule has 3 aromatic rings. The van der Waals surface area contributed by atoms with Crippen molar-refractivity contribution in [1.29, 1.82) is 0 Å². The first-order chi connectivity index (χ1) is 13.5. The molecular formula is C22H25N3O2S. The molecule has 0 aliphatic rings. The molecule has 0 bridgehead atoms. The minimum absolute atomic E-state index is 0.171. The third-order valence-corrected chi connectivity index (χ3v) is 4.96. The minimum Gasteiger partial charge on any atom is -0.486 e. The van der Waals surface area contributed by atoms with E-state index in [1.54, 1.807) is 5.38 Å². The van der Waals surface area contributed by atoms with Crippen LogP contribution in [0.5, 0.6) is 5.75 Å². The molecule has 146 valence electrons. The summed E-state index contributed by atoms with van der Waals surface area (Å²) in [5.41, 5.74) is 3.93. The number of carbonyl (C=O) groups excluding carboxylic acids is 1. The lowest BCUT2D eigenvalue weighted by molar-refractivity contribution is 0.0946. The third-order valence-electron chi connectivity index (χ3n) is 4.14. The van der Waals surface area contributed by atoms with Gasteiger partial charge in [-0.2, -0.15) is 0 Å². The Bertz CT molecular complexity index is 902. The van der Waals surface area contributed by atoms with Gasteiger partial charge in [-0.05, 0) is 44.3 Å². The second-order valence-electron chi connectivity index (χ2n) is 6.97. The molecule has 1 heterocycles. The molecule has 0 radical (unpaired) electrons. The fraction of sp³-hybridized carbons (Fsp3) is 0.273. The number of aromatic nitrogens is 1. The zero-order valence-electron chi connectivity index (χ0n) is 16.4. The van der Waals surface area contributed by atoms with E-state index < -0.39 is 0 Å². The summed E-state index contributed by atoms with van der Waals surface area (Å²) < 4.78 is 5.72. The zero-order valence-corrected chi connectivity index (χ0v) is 17.3. The summed E-state index contributed by atoms with van der Waals surface area (Å²) in [6, 6.07) is 16.1. The Kier molecular flexibility index (Phi) is 6.79. The lowest BCUT2D eigenvalue weighted by atomic mass is 10.1. The molecule has 0 fully saturated rings. The number of hydrogen-bond acceptors (Lipinski definition) is 5. The highest BCUT2D eigenvalue weighted by atomic mass is 32.1. The SMILES string of the molecule is Cc1ccc(OCc2nc(C(=O)NCc3ccc(CN(C)C)cc3)cs2)cc1. The maximum absolute atomic E-state index is 12.3. The van der Waals surface area contributed by atoms with Gasteiger partial charge in [0.05, 0.1) is 0 Å². The number of nitrogens with zero attached hydrogens (tertiary/aromatic N) is 2. The number of carbonyl (C=O) groups is 1. The van der Waals surface area contributed by atoms with Gasteiger partial charge >= 0.3 is 0 Å². The first kappa shape index (κ1) is 20.0. The van der Waals surface area contributed by atoms with Crippen molar-refractivity contribution in [3.63, 3.8) is 0 Å². The molecular weight excluding hydrogens is 370 g/mol. The number of benzene rings is 2. The summed E-state index contributed by atoms with van der Waals surface area (Å²) in [4.78, 5) is 18.8. The lowest BCUT2D eigenvalue weighted by Gasteiger charge is -2.10. The Morgan fingerprint density at radius 2 is 1.75 bits per heavy atom. The van der Waals surface area contributed by atoms with Crippen LogP contribution in [0.1, 0.15) is 32.2 Å². The van der Waals surface area contributed by atoms with E-state index in [9.17, 15) is 4.79 Å². The molecule has 0 saturated heterocycles. The van der Waals surface area contributed by atoms with Crippen molar-refractivity contribution < 1.29 is 9.53 Å². The molecule has 0 spiro atoms. The van der Waals surface area contributed by atoms with Gasteiger partial charge in [-0.1, -0.05) is 42.0 Å². The van der Waals surface area contributed by atoms with Crippen LogP contribution in [0, 0.1) is 6.92 Å². The van der Waals surface area contributed by atoms with Gasteiger partial charge < -0.3 is 15.0 Å². The van der Waals surface area contributed by atoms with Crippen LogP contribution in [0.25, 0.3) is 0 Å². The van der Waals surface area contributed by atoms with Crippen LogP contribution in [0.3, 0.4) is 0 Å². The van der Waals surface area contributed by atoms with Gasteiger partial charge in [0.2, 0.25) is 0 Å². The number of thiazole rings is 1. The summed E-state index contributed by atoms with van der Waals surface area (Å²) in [5.74, 6) is 0.625. The van der Waals surface area contributed by atoms with E-state index in [4.69, 9.17) is 4.74 Å². The van der Waals surface area contributed by atoms with Gasteiger partial charge in [-0.15, -0.1) is 11.3 Å². The first-order valence-electron chi connectivity index (χ1n) is 9.14. The second kappa shape index (κ2) is 9.48. The molecule has 0 aliphatic carbocycles.